The number of nitrogens with zero attached hydrogens (tertiary/aromatic N) is 3. The molecule has 186 valence electrons. The van der Waals surface area contributed by atoms with Gasteiger partial charge in [0.2, 0.25) is 0 Å². The lowest BCUT2D eigenvalue weighted by Crippen LogP contribution is -2.37. The number of fused-ring (bicyclic) bond motifs is 5. The van der Waals surface area contributed by atoms with Gasteiger partial charge in [-0.15, -0.1) is 0 Å². The lowest BCUT2D eigenvalue weighted by atomic mass is 10.0. The molecule has 1 aliphatic heterocycles. The zero-order chi connectivity index (χ0) is 26.0. The number of aryl methyl sites for hydroxylation is 3. The van der Waals surface area contributed by atoms with Crippen LogP contribution >= 0.6 is 0 Å². The first-order valence-corrected chi connectivity index (χ1v) is 12.1. The molecule has 0 spiro atoms. The van der Waals surface area contributed by atoms with Crippen molar-refractivity contribution >= 4 is 10.9 Å². The SMILES string of the molecule is COc1cccc(C2Oc3ccc(C)cc3-n3c(-c4ccc(C)cc4)c4c(=O)n(C)c(=O)n(C)c4c32)c1. The van der Waals surface area contributed by atoms with Crippen molar-refractivity contribution in [1.29, 1.82) is 0 Å². The Hall–Kier alpha value is -4.52. The van der Waals surface area contributed by atoms with Gasteiger partial charge < -0.3 is 14.0 Å². The third kappa shape index (κ3) is 3.34. The maximum atomic E-state index is 13.8. The molecule has 3 aromatic carbocycles. The minimum absolute atomic E-state index is 0.339. The molecule has 0 fully saturated rings. The third-order valence-corrected chi connectivity index (χ3v) is 7.18. The van der Waals surface area contributed by atoms with Crippen molar-refractivity contribution in [3.8, 4) is 28.4 Å². The zero-order valence-corrected chi connectivity index (χ0v) is 21.4. The summed E-state index contributed by atoms with van der Waals surface area (Å²) < 4.78 is 17.0. The summed E-state index contributed by atoms with van der Waals surface area (Å²) in [6.07, 6.45) is -0.579. The number of rotatable bonds is 3. The fourth-order valence-electron chi connectivity index (χ4n) is 5.29. The summed E-state index contributed by atoms with van der Waals surface area (Å²) in [5, 5.41) is 0.481. The van der Waals surface area contributed by atoms with Gasteiger partial charge >= 0.3 is 5.69 Å². The fraction of sp³-hybridized carbons (Fsp3) is 0.200. The molecule has 1 aliphatic rings. The van der Waals surface area contributed by atoms with Crippen LogP contribution in [-0.2, 0) is 14.1 Å². The lowest BCUT2D eigenvalue weighted by molar-refractivity contribution is 0.228. The van der Waals surface area contributed by atoms with Crippen LogP contribution in [0.3, 0.4) is 0 Å². The van der Waals surface area contributed by atoms with Gasteiger partial charge in [-0.2, -0.15) is 0 Å². The summed E-state index contributed by atoms with van der Waals surface area (Å²) in [5.41, 5.74) is 6.05. The van der Waals surface area contributed by atoms with Crippen LogP contribution in [0.25, 0.3) is 27.8 Å². The molecular weight excluding hydrogens is 466 g/mol. The standard InChI is InChI=1S/C30H27N3O4/c1-17-9-12-19(13-10-17)25-24-26(31(3)30(35)32(4)29(24)34)27-28(20-7-6-8-21(16-20)36-5)37-23-14-11-18(2)15-22(23)33(25)27/h6-16,28H,1-5H3. The van der Waals surface area contributed by atoms with Crippen LogP contribution in [-0.4, -0.2) is 20.8 Å². The lowest BCUT2D eigenvalue weighted by Gasteiger charge is -2.30. The molecule has 37 heavy (non-hydrogen) atoms. The monoisotopic (exact) mass is 493 g/mol. The zero-order valence-electron chi connectivity index (χ0n) is 21.4. The molecule has 0 saturated heterocycles. The van der Waals surface area contributed by atoms with E-state index in [1.807, 2.05) is 74.5 Å². The summed E-state index contributed by atoms with van der Waals surface area (Å²) in [6, 6.07) is 21.8. The van der Waals surface area contributed by atoms with Gasteiger partial charge in [-0.05, 0) is 49.2 Å². The maximum absolute atomic E-state index is 13.8. The average molecular weight is 494 g/mol. The number of hydrogen-bond donors (Lipinski definition) is 0. The Balaban J connectivity index is 1.85. The van der Waals surface area contributed by atoms with Gasteiger partial charge in [0.05, 0.1) is 35.1 Å². The number of aromatic nitrogens is 3. The van der Waals surface area contributed by atoms with Crippen LogP contribution in [0.4, 0.5) is 0 Å². The van der Waals surface area contributed by atoms with E-state index in [1.165, 1.54) is 11.6 Å². The minimum atomic E-state index is -0.579. The first-order valence-electron chi connectivity index (χ1n) is 12.1. The molecular formula is C30H27N3O4. The number of hydrogen-bond acceptors (Lipinski definition) is 4. The van der Waals surface area contributed by atoms with Crippen LogP contribution in [0.15, 0.2) is 76.3 Å². The Kier molecular flexibility index (Phi) is 5.12. The van der Waals surface area contributed by atoms with Gasteiger partial charge in [0, 0.05) is 19.7 Å². The van der Waals surface area contributed by atoms with Gasteiger partial charge in [-0.1, -0.05) is 48.0 Å². The predicted octanol–water partition coefficient (Wildman–Crippen LogP) is 4.80. The molecule has 5 aromatic rings. The van der Waals surface area contributed by atoms with Crippen molar-refractivity contribution in [2.45, 2.75) is 20.0 Å². The molecule has 0 saturated carbocycles. The molecule has 2 aromatic heterocycles. The number of methoxy groups -OCH3 is 1. The van der Waals surface area contributed by atoms with E-state index in [-0.39, 0.29) is 11.2 Å². The van der Waals surface area contributed by atoms with Gasteiger partial charge in [0.1, 0.15) is 11.5 Å². The van der Waals surface area contributed by atoms with E-state index in [9.17, 15) is 9.59 Å². The quantitative estimate of drug-likeness (QED) is 0.362. The van der Waals surface area contributed by atoms with Crippen molar-refractivity contribution in [2.24, 2.45) is 14.1 Å². The van der Waals surface area contributed by atoms with Crippen LogP contribution in [0, 0.1) is 13.8 Å². The molecule has 7 heteroatoms. The van der Waals surface area contributed by atoms with Crippen molar-refractivity contribution < 1.29 is 9.47 Å². The molecule has 0 N–H and O–H groups in total. The Morgan fingerprint density at radius 3 is 2.32 bits per heavy atom. The fourth-order valence-corrected chi connectivity index (χ4v) is 5.29. The molecule has 6 rings (SSSR count). The predicted molar refractivity (Wildman–Crippen MR) is 144 cm³/mol. The topological polar surface area (TPSA) is 67.4 Å². The molecule has 0 amide bonds. The second kappa shape index (κ2) is 8.27. The van der Waals surface area contributed by atoms with Crippen molar-refractivity contribution in [3.63, 3.8) is 0 Å². The minimum Gasteiger partial charge on any atom is -0.497 e. The average Bonchev–Trinajstić information content (AvgIpc) is 3.27. The summed E-state index contributed by atoms with van der Waals surface area (Å²) >= 11 is 0. The molecule has 7 nitrogen and oxygen atoms in total. The van der Waals surface area contributed by atoms with Crippen LogP contribution in [0.5, 0.6) is 11.5 Å². The molecule has 0 aliphatic carbocycles. The van der Waals surface area contributed by atoms with Gasteiger partial charge in [0.15, 0.2) is 6.10 Å². The van der Waals surface area contributed by atoms with Gasteiger partial charge in [-0.25, -0.2) is 4.79 Å². The Morgan fingerprint density at radius 2 is 1.59 bits per heavy atom. The Morgan fingerprint density at radius 1 is 0.865 bits per heavy atom. The van der Waals surface area contributed by atoms with Crippen LogP contribution in [0.2, 0.25) is 0 Å². The first kappa shape index (κ1) is 22.9. The van der Waals surface area contributed by atoms with Crippen LogP contribution in [0.1, 0.15) is 28.5 Å². The van der Waals surface area contributed by atoms with Crippen LogP contribution < -0.4 is 20.7 Å². The summed E-state index contributed by atoms with van der Waals surface area (Å²) in [5.74, 6) is 1.39. The number of ether oxygens (including phenoxy) is 2. The van der Waals surface area contributed by atoms with Crippen molar-refractivity contribution in [1.82, 2.24) is 13.7 Å². The second-order valence-corrected chi connectivity index (χ2v) is 9.61. The van der Waals surface area contributed by atoms with Gasteiger partial charge in [-0.3, -0.25) is 13.9 Å². The molecule has 0 bridgehead atoms. The Labute approximate surface area is 213 Å². The highest BCUT2D eigenvalue weighted by Crippen LogP contribution is 2.47. The summed E-state index contributed by atoms with van der Waals surface area (Å²) in [7, 11) is 4.85. The number of benzene rings is 3. The Bertz CT molecular complexity index is 1820. The van der Waals surface area contributed by atoms with E-state index in [0.29, 0.717) is 22.4 Å². The molecule has 0 radical (unpaired) electrons. The van der Waals surface area contributed by atoms with Gasteiger partial charge in [0.25, 0.3) is 5.56 Å². The molecule has 1 unspecified atom stereocenters. The highest BCUT2D eigenvalue weighted by Gasteiger charge is 2.36. The third-order valence-electron chi connectivity index (χ3n) is 7.18. The van der Waals surface area contributed by atoms with E-state index >= 15 is 0 Å². The largest absolute Gasteiger partial charge is 0.497 e. The second-order valence-electron chi connectivity index (χ2n) is 9.61. The normalized spacial score (nSPS) is 14.2. The highest BCUT2D eigenvalue weighted by atomic mass is 16.5. The molecule has 3 heterocycles. The summed E-state index contributed by atoms with van der Waals surface area (Å²) in [6.45, 7) is 4.06. The maximum Gasteiger partial charge on any atom is 0.331 e. The summed E-state index contributed by atoms with van der Waals surface area (Å²) in [4.78, 5) is 27.0. The van der Waals surface area contributed by atoms with Crippen molar-refractivity contribution in [3.05, 3.63) is 110 Å². The highest BCUT2D eigenvalue weighted by molar-refractivity contribution is 5.98. The van der Waals surface area contributed by atoms with E-state index in [2.05, 4.69) is 10.6 Å². The van der Waals surface area contributed by atoms with E-state index in [4.69, 9.17) is 9.47 Å². The first-order chi connectivity index (χ1) is 17.8. The van der Waals surface area contributed by atoms with E-state index < -0.39 is 6.10 Å². The molecule has 1 atom stereocenters. The van der Waals surface area contributed by atoms with E-state index in [1.54, 1.807) is 18.7 Å². The van der Waals surface area contributed by atoms with Crippen molar-refractivity contribution in [2.75, 3.05) is 7.11 Å². The van der Waals surface area contributed by atoms with E-state index in [0.717, 1.165) is 39.3 Å². The smallest absolute Gasteiger partial charge is 0.331 e.